The normalized spacial score (nSPS) is 26.3. The van der Waals surface area contributed by atoms with Crippen LogP contribution in [0.2, 0.25) is 0 Å². The summed E-state index contributed by atoms with van der Waals surface area (Å²) in [7, 11) is 0. The van der Waals surface area contributed by atoms with Gasteiger partial charge in [0.05, 0.1) is 27.1 Å². The summed E-state index contributed by atoms with van der Waals surface area (Å²) in [5.74, 6) is 10.3. The highest BCUT2D eigenvalue weighted by Gasteiger charge is 2.62. The van der Waals surface area contributed by atoms with Crippen LogP contribution in [-0.2, 0) is 81.0 Å². The molecule has 0 saturated heterocycles. The van der Waals surface area contributed by atoms with Gasteiger partial charge in [-0.25, -0.2) is 19.2 Å². The zero-order chi connectivity index (χ0) is 111. The van der Waals surface area contributed by atoms with Gasteiger partial charge in [0.25, 0.3) is 0 Å². The highest BCUT2D eigenvalue weighted by molar-refractivity contribution is 5.82. The van der Waals surface area contributed by atoms with E-state index in [1.165, 1.54) is 171 Å². The minimum Gasteiger partial charge on any atom is -0.508 e. The number of rotatable bonds is 32. The maximum atomic E-state index is 12.5. The third kappa shape index (κ3) is 36.2. The average Bonchev–Trinajstić information content (AvgIpc) is 0.718. The Bertz CT molecular complexity index is 4420. The first-order valence-corrected chi connectivity index (χ1v) is 57.9. The number of phenols is 2. The fourth-order valence-corrected chi connectivity index (χ4v) is 25.0. The van der Waals surface area contributed by atoms with Gasteiger partial charge >= 0.3 is 53.9 Å². The summed E-state index contributed by atoms with van der Waals surface area (Å²) in [6.45, 7) is 67.3. The number of hydrogen-bond acceptors (Lipinski definition) is 21. The molecule has 3 unspecified atom stereocenters. The molecular formula is C127H206O21. The largest absolute Gasteiger partial charge is 0.514 e. The van der Waals surface area contributed by atoms with Crippen molar-refractivity contribution in [3.8, 4) is 17.2 Å². The molecule has 14 fully saturated rings. The molecule has 14 aliphatic rings. The first-order valence-electron chi connectivity index (χ1n) is 57.9. The lowest BCUT2D eigenvalue weighted by atomic mass is 9.46. The van der Waals surface area contributed by atoms with Crippen molar-refractivity contribution in [1.29, 1.82) is 0 Å². The summed E-state index contributed by atoms with van der Waals surface area (Å²) in [6, 6.07) is 22.4. The van der Waals surface area contributed by atoms with Crippen molar-refractivity contribution in [2.75, 3.05) is 19.8 Å². The predicted octanol–water partition coefficient (Wildman–Crippen LogP) is 32.0. The minimum absolute atomic E-state index is 0.0185. The molecule has 14 aliphatic carbocycles. The third-order valence-electron chi connectivity index (χ3n) is 37.7. The summed E-state index contributed by atoms with van der Waals surface area (Å²) >= 11 is 0. The smallest absolute Gasteiger partial charge is 0.508 e. The Balaban J connectivity index is 0.000000232. The van der Waals surface area contributed by atoms with E-state index in [2.05, 4.69) is 104 Å². The van der Waals surface area contributed by atoms with Crippen molar-refractivity contribution in [3.63, 3.8) is 0 Å². The van der Waals surface area contributed by atoms with E-state index in [9.17, 15) is 43.2 Å². The Labute approximate surface area is 895 Å². The molecular weight excluding hydrogens is 1860 g/mol. The Morgan fingerprint density at radius 3 is 0.912 bits per heavy atom. The van der Waals surface area contributed by atoms with Gasteiger partial charge in [0.15, 0.2) is 19.8 Å². The van der Waals surface area contributed by atoms with E-state index < -0.39 is 62.7 Å². The van der Waals surface area contributed by atoms with E-state index in [4.69, 9.17) is 57.6 Å². The molecule has 0 heterocycles. The van der Waals surface area contributed by atoms with Gasteiger partial charge in [-0.15, -0.1) is 0 Å². The van der Waals surface area contributed by atoms with E-state index in [0.29, 0.717) is 77.9 Å². The lowest BCUT2D eigenvalue weighted by molar-refractivity contribution is -0.211. The molecule has 0 radical (unpaired) electrons. The molecule has 17 rings (SSSR count). The molecule has 0 spiro atoms. The zero-order valence-electron chi connectivity index (χ0n) is 99.0. The third-order valence-corrected chi connectivity index (χ3v) is 37.7. The van der Waals surface area contributed by atoms with Crippen LogP contribution in [0.15, 0.2) is 72.8 Å². The van der Waals surface area contributed by atoms with Crippen LogP contribution in [0.4, 0.5) is 4.79 Å². The topological polar surface area (TPSA) is 286 Å². The molecule has 21 nitrogen and oxygen atoms in total. The van der Waals surface area contributed by atoms with Gasteiger partial charge in [-0.2, -0.15) is 0 Å². The van der Waals surface area contributed by atoms with E-state index in [-0.39, 0.29) is 82.5 Å². The van der Waals surface area contributed by atoms with Crippen LogP contribution in [0.5, 0.6) is 17.2 Å². The molecule has 14 saturated carbocycles. The molecule has 12 bridgehead atoms. The number of carbonyl (C=O) groups is 9. The standard InChI is InChI=1S/2C21H34O4.C17H30O4.C17H28O2.C16H30O2.C15H22O3.2C10H14O/c2*1-6-19(2,3)18(23)24-13-17(22)25-20(4,5)21-10-14-7-15(11-21)9-16(8-14)12-21;1-6-16(2,3)15(19)20-12-14(18)21-17(4,5)13-10-8-7-9-11-13;1-5-16(2,3)15(18)19-17(4)13-7-11-6-12(9-13)10-14(17)8-11;1-7-15(3,4)14(17)18-16(5,6)13-10-8-12(2)9-11-13;1-6-11(2)12-7-9-13(10-8-12)17-14(16)18-15(3,4)5;2*1-3-8(2)9-4-6-10(11)7-5-9/h2*14-16H,6-13H2,1-5H3;13H,6-12H2,1-5H3;11-14H,5-10H2,1-4H3;12-13H,7-11H2,1-6H3;7-11H,6H2,1-5H3;2*4-8,11H,3H2,1-2H3. The second-order valence-electron chi connectivity index (χ2n) is 53.8. The number of carbonyl (C=O) groups excluding carboxylic acids is 9. The lowest BCUT2D eigenvalue weighted by Gasteiger charge is -2.61. The average molecular weight is 2070 g/mol. The predicted molar refractivity (Wildman–Crippen MR) is 590 cm³/mol. The van der Waals surface area contributed by atoms with Gasteiger partial charge in [-0.3, -0.25) is 24.0 Å². The van der Waals surface area contributed by atoms with E-state index in [0.717, 1.165) is 98.2 Å². The van der Waals surface area contributed by atoms with Crippen molar-refractivity contribution in [1.82, 2.24) is 0 Å². The van der Waals surface area contributed by atoms with E-state index >= 15 is 0 Å². The molecule has 0 amide bonds. The molecule has 3 atom stereocenters. The van der Waals surface area contributed by atoms with Crippen molar-refractivity contribution < 1.29 is 101 Å². The summed E-state index contributed by atoms with van der Waals surface area (Å²) in [4.78, 5) is 109. The molecule has 3 aromatic carbocycles. The highest BCUT2D eigenvalue weighted by atomic mass is 16.7. The SMILES string of the molecule is CCC(C)(C)C(=O)OC(C)(C)C1CCC(C)CC1.CCC(C)(C)C(=O)OC1(C)C2CC3CC(C2)CC1C3.CCC(C)(C)C(=O)OCC(=O)OC(C)(C)C12CC3CC(CC(C3)C1)C2.CCC(C)(C)C(=O)OCC(=O)OC(C)(C)C12CC3CC(CC(C3)C1)C2.CCC(C)(C)C(=O)OCC(=O)OC(C)(C)C1CCCCC1.CCC(C)c1ccc(O)cc1.CCC(C)c1ccc(O)cc1.CCC(C)c1ccc(OC(=O)OC(C)(C)C)cc1. The van der Waals surface area contributed by atoms with E-state index in [1.54, 1.807) is 57.2 Å². The molecule has 840 valence electrons. The molecule has 21 heteroatoms. The number of esters is 8. The molecule has 2 N–H and O–H groups in total. The summed E-state index contributed by atoms with van der Waals surface area (Å²) in [5, 5.41) is 18.0. The number of phenolic OH excluding ortho intramolecular Hbond substituents is 2. The Hall–Kier alpha value is -7.71. The Kier molecular flexibility index (Phi) is 46.3. The summed E-state index contributed by atoms with van der Waals surface area (Å²) < 4.78 is 55.0. The number of ether oxygens (including phenoxy) is 10. The first-order chi connectivity index (χ1) is 68.6. The Morgan fingerprint density at radius 2 is 0.608 bits per heavy atom. The van der Waals surface area contributed by atoms with Crippen molar-refractivity contribution in [3.05, 3.63) is 89.5 Å². The van der Waals surface area contributed by atoms with Crippen LogP contribution in [0, 0.1) is 115 Å². The van der Waals surface area contributed by atoms with Gasteiger partial charge in [-0.1, -0.05) is 152 Å². The number of benzene rings is 3. The van der Waals surface area contributed by atoms with Crippen LogP contribution in [0.25, 0.3) is 0 Å². The Morgan fingerprint density at radius 1 is 0.331 bits per heavy atom. The lowest BCUT2D eigenvalue weighted by Crippen LogP contribution is -2.58. The van der Waals surface area contributed by atoms with E-state index in [1.807, 2.05) is 147 Å². The maximum absolute atomic E-state index is 12.5. The fraction of sp³-hybridized carbons (Fsp3) is 0.787. The minimum atomic E-state index is -0.668. The fourth-order valence-electron chi connectivity index (χ4n) is 25.0. The molecule has 0 aliphatic heterocycles. The number of aromatic hydroxyl groups is 2. The first kappa shape index (κ1) is 127. The number of hydrogen-bond donors (Lipinski definition) is 2. The maximum Gasteiger partial charge on any atom is 0.514 e. The molecule has 0 aromatic heterocycles. The van der Waals surface area contributed by atoms with Gasteiger partial charge in [0.1, 0.15) is 50.9 Å². The summed E-state index contributed by atoms with van der Waals surface area (Å²) in [5.41, 5.74) is -0.793. The quantitative estimate of drug-likeness (QED) is 0.0333. The van der Waals surface area contributed by atoms with Crippen molar-refractivity contribution >= 4 is 53.9 Å². The van der Waals surface area contributed by atoms with Crippen molar-refractivity contribution in [2.24, 2.45) is 115 Å². The van der Waals surface area contributed by atoms with Crippen LogP contribution in [0.3, 0.4) is 0 Å². The summed E-state index contributed by atoms with van der Waals surface area (Å²) in [6.07, 6.45) is 39.1. The van der Waals surface area contributed by atoms with Crippen LogP contribution in [-0.4, -0.2) is 118 Å². The second-order valence-corrected chi connectivity index (χ2v) is 53.8. The second kappa shape index (κ2) is 53.9. The van der Waals surface area contributed by atoms with Gasteiger partial charge < -0.3 is 57.6 Å². The van der Waals surface area contributed by atoms with Crippen LogP contribution in [0.1, 0.15) is 488 Å². The van der Waals surface area contributed by atoms with Gasteiger partial charge in [0, 0.05) is 10.8 Å². The molecule has 3 aromatic rings. The van der Waals surface area contributed by atoms with Crippen molar-refractivity contribution in [2.45, 2.75) is 505 Å². The van der Waals surface area contributed by atoms with Crippen LogP contribution >= 0.6 is 0 Å². The zero-order valence-corrected chi connectivity index (χ0v) is 99.0. The van der Waals surface area contributed by atoms with Crippen LogP contribution < -0.4 is 4.74 Å². The molecule has 148 heavy (non-hydrogen) atoms. The van der Waals surface area contributed by atoms with Gasteiger partial charge in [-0.05, 0) is 486 Å². The monoisotopic (exact) mass is 2070 g/mol. The highest BCUT2D eigenvalue weighted by Crippen LogP contribution is 2.67. The van der Waals surface area contributed by atoms with Gasteiger partial charge in [0.2, 0.25) is 0 Å².